The van der Waals surface area contributed by atoms with Gasteiger partial charge in [-0.1, -0.05) is 29.3 Å². The first-order chi connectivity index (χ1) is 13.4. The van der Waals surface area contributed by atoms with Crippen LogP contribution in [-0.2, 0) is 6.18 Å². The molecule has 0 aliphatic heterocycles. The van der Waals surface area contributed by atoms with E-state index >= 15 is 0 Å². The van der Waals surface area contributed by atoms with Crippen molar-refractivity contribution in [1.82, 2.24) is 5.32 Å². The smallest absolute Gasteiger partial charge is 0.388 e. The zero-order valence-corrected chi connectivity index (χ0v) is 19.0. The molecular formula is C22H23Cl3F3NO. The Balaban J connectivity index is 0.00000320. The van der Waals surface area contributed by atoms with Crippen molar-refractivity contribution in [3.05, 3.63) is 57.6 Å². The summed E-state index contributed by atoms with van der Waals surface area (Å²) in [6, 6.07) is 8.41. The molecule has 3 aromatic rings. The molecular weight excluding hydrogens is 458 g/mol. The molecule has 0 aromatic heterocycles. The third kappa shape index (κ3) is 5.51. The molecule has 2 N–H and O–H groups in total. The van der Waals surface area contributed by atoms with E-state index < -0.39 is 17.8 Å². The molecule has 0 spiro atoms. The number of halogens is 6. The number of benzene rings is 3. The third-order valence-electron chi connectivity index (χ3n) is 4.77. The zero-order chi connectivity index (χ0) is 21.6. The van der Waals surface area contributed by atoms with Crippen LogP contribution in [0.1, 0.15) is 44.4 Å². The summed E-state index contributed by atoms with van der Waals surface area (Å²) in [7, 11) is 0. The van der Waals surface area contributed by atoms with Crippen LogP contribution >= 0.6 is 35.6 Å². The fraction of sp³-hybridized carbons (Fsp3) is 0.364. The number of alkyl halides is 3. The van der Waals surface area contributed by atoms with Crippen molar-refractivity contribution in [2.75, 3.05) is 6.54 Å². The van der Waals surface area contributed by atoms with Crippen molar-refractivity contribution in [3.63, 3.8) is 0 Å². The quantitative estimate of drug-likeness (QED) is 0.378. The monoisotopic (exact) mass is 479 g/mol. The van der Waals surface area contributed by atoms with Crippen molar-refractivity contribution in [2.24, 2.45) is 0 Å². The van der Waals surface area contributed by atoms with Crippen molar-refractivity contribution >= 4 is 57.2 Å². The molecule has 2 nitrogen and oxygen atoms in total. The van der Waals surface area contributed by atoms with E-state index in [1.165, 1.54) is 6.07 Å². The largest absolute Gasteiger partial charge is 0.416 e. The van der Waals surface area contributed by atoms with Crippen LogP contribution in [0, 0.1) is 0 Å². The first-order valence-corrected chi connectivity index (χ1v) is 9.98. The summed E-state index contributed by atoms with van der Waals surface area (Å²) in [5.74, 6) is 0. The molecule has 0 heterocycles. The van der Waals surface area contributed by atoms with Gasteiger partial charge in [0.2, 0.25) is 0 Å². The standard InChI is InChI=1S/C22H22Cl2F3NO.ClH/c1-21(2,3)28-7-6-20(29)18-11-17-16(9-13(23)10-19(17)24)15-8-12(22(25,26)27)4-5-14(15)18;/h4-5,8-11,20,28-29H,6-7H2,1-3H3;1H. The predicted octanol–water partition coefficient (Wildman–Crippen LogP) is 7.55. The minimum Gasteiger partial charge on any atom is -0.388 e. The minimum absolute atomic E-state index is 0. The first-order valence-electron chi connectivity index (χ1n) is 9.22. The van der Waals surface area contributed by atoms with E-state index in [0.29, 0.717) is 50.1 Å². The average Bonchev–Trinajstić information content (AvgIpc) is 2.58. The van der Waals surface area contributed by atoms with Gasteiger partial charge in [-0.05, 0) is 85.8 Å². The van der Waals surface area contributed by atoms with E-state index in [2.05, 4.69) is 5.32 Å². The van der Waals surface area contributed by atoms with E-state index in [4.69, 9.17) is 23.2 Å². The highest BCUT2D eigenvalue weighted by Gasteiger charge is 2.31. The highest BCUT2D eigenvalue weighted by Crippen LogP contribution is 2.40. The molecule has 1 unspecified atom stereocenters. The van der Waals surface area contributed by atoms with Crippen LogP contribution in [-0.4, -0.2) is 17.2 Å². The van der Waals surface area contributed by atoms with Gasteiger partial charge in [0.05, 0.1) is 11.7 Å². The summed E-state index contributed by atoms with van der Waals surface area (Å²) in [5.41, 5.74) is -0.322. The number of nitrogens with one attached hydrogen (secondary N) is 1. The van der Waals surface area contributed by atoms with Crippen molar-refractivity contribution in [2.45, 2.75) is 45.0 Å². The summed E-state index contributed by atoms with van der Waals surface area (Å²) in [5, 5.41) is 16.8. The molecule has 0 aliphatic carbocycles. The highest BCUT2D eigenvalue weighted by molar-refractivity contribution is 6.39. The van der Waals surface area contributed by atoms with Crippen LogP contribution in [0.4, 0.5) is 13.2 Å². The molecule has 8 heteroatoms. The van der Waals surface area contributed by atoms with E-state index in [1.54, 1.807) is 18.2 Å². The van der Waals surface area contributed by atoms with E-state index in [0.717, 1.165) is 12.1 Å². The summed E-state index contributed by atoms with van der Waals surface area (Å²) in [4.78, 5) is 0. The topological polar surface area (TPSA) is 32.3 Å². The van der Waals surface area contributed by atoms with Crippen molar-refractivity contribution in [1.29, 1.82) is 0 Å². The van der Waals surface area contributed by atoms with E-state index in [1.807, 2.05) is 20.8 Å². The van der Waals surface area contributed by atoms with Gasteiger partial charge in [0, 0.05) is 21.0 Å². The molecule has 1 atom stereocenters. The predicted molar refractivity (Wildman–Crippen MR) is 121 cm³/mol. The number of aliphatic hydroxyl groups is 1. The fourth-order valence-electron chi connectivity index (χ4n) is 3.40. The molecule has 0 amide bonds. The van der Waals surface area contributed by atoms with Crippen molar-refractivity contribution < 1.29 is 18.3 Å². The molecule has 0 radical (unpaired) electrons. The Labute approximate surface area is 189 Å². The number of rotatable bonds is 4. The maximum absolute atomic E-state index is 13.3. The molecule has 0 aliphatic rings. The SMILES string of the molecule is CC(C)(C)NCCC(O)c1cc2c(Cl)cc(Cl)cc2c2cc(C(F)(F)F)ccc12.Cl. The molecule has 0 fully saturated rings. The number of fused-ring (bicyclic) bond motifs is 3. The Morgan fingerprint density at radius 1 is 0.933 bits per heavy atom. The van der Waals surface area contributed by atoms with Crippen molar-refractivity contribution in [3.8, 4) is 0 Å². The lowest BCUT2D eigenvalue weighted by atomic mass is 9.92. The maximum Gasteiger partial charge on any atom is 0.416 e. The number of hydrogen-bond donors (Lipinski definition) is 2. The number of aliphatic hydroxyl groups excluding tert-OH is 1. The lowest BCUT2D eigenvalue weighted by Crippen LogP contribution is -2.36. The molecule has 0 saturated heterocycles. The van der Waals surface area contributed by atoms with Gasteiger partial charge in [-0.15, -0.1) is 12.4 Å². The van der Waals surface area contributed by atoms with Gasteiger partial charge in [-0.25, -0.2) is 0 Å². The second kappa shape index (κ2) is 9.09. The summed E-state index contributed by atoms with van der Waals surface area (Å²) < 4.78 is 39.9. The first kappa shape index (κ1) is 25.0. The second-order valence-corrected chi connectivity index (χ2v) is 9.03. The Hall–Kier alpha value is -1.24. The van der Waals surface area contributed by atoms with Gasteiger partial charge in [-0.2, -0.15) is 13.2 Å². The lowest BCUT2D eigenvalue weighted by molar-refractivity contribution is -0.137. The normalized spacial score (nSPS) is 13.5. The minimum atomic E-state index is -4.48. The lowest BCUT2D eigenvalue weighted by Gasteiger charge is -2.22. The second-order valence-electron chi connectivity index (χ2n) is 8.19. The Bertz CT molecular complexity index is 1060. The molecule has 0 saturated carbocycles. The van der Waals surface area contributed by atoms with Crippen LogP contribution in [0.3, 0.4) is 0 Å². The van der Waals surface area contributed by atoms with Gasteiger partial charge in [0.15, 0.2) is 0 Å². The van der Waals surface area contributed by atoms with Gasteiger partial charge in [0.1, 0.15) is 0 Å². The van der Waals surface area contributed by atoms with Crippen LogP contribution < -0.4 is 5.32 Å². The van der Waals surface area contributed by atoms with Gasteiger partial charge in [0.25, 0.3) is 0 Å². The van der Waals surface area contributed by atoms with Gasteiger partial charge >= 0.3 is 6.18 Å². The number of hydrogen-bond acceptors (Lipinski definition) is 2. The fourth-order valence-corrected chi connectivity index (χ4v) is 3.95. The maximum atomic E-state index is 13.3. The molecule has 30 heavy (non-hydrogen) atoms. The average molecular weight is 481 g/mol. The summed E-state index contributed by atoms with van der Waals surface area (Å²) in [6.45, 7) is 6.62. The highest BCUT2D eigenvalue weighted by atomic mass is 35.5. The van der Waals surface area contributed by atoms with Gasteiger partial charge < -0.3 is 10.4 Å². The molecule has 0 bridgehead atoms. The molecule has 164 valence electrons. The Morgan fingerprint density at radius 3 is 2.17 bits per heavy atom. The van der Waals surface area contributed by atoms with E-state index in [-0.39, 0.29) is 17.9 Å². The molecule has 3 rings (SSSR count). The van der Waals surface area contributed by atoms with Crippen LogP contribution in [0.2, 0.25) is 10.0 Å². The summed E-state index contributed by atoms with van der Waals surface area (Å²) >= 11 is 12.4. The summed E-state index contributed by atoms with van der Waals surface area (Å²) in [6.07, 6.45) is -4.93. The third-order valence-corrected chi connectivity index (χ3v) is 5.31. The molecule has 3 aromatic carbocycles. The van der Waals surface area contributed by atoms with E-state index in [9.17, 15) is 18.3 Å². The zero-order valence-electron chi connectivity index (χ0n) is 16.7. The van der Waals surface area contributed by atoms with Crippen LogP contribution in [0.5, 0.6) is 0 Å². The Morgan fingerprint density at radius 2 is 1.57 bits per heavy atom. The van der Waals surface area contributed by atoms with Crippen LogP contribution in [0.25, 0.3) is 21.5 Å². The van der Waals surface area contributed by atoms with Crippen LogP contribution in [0.15, 0.2) is 36.4 Å². The van der Waals surface area contributed by atoms with Gasteiger partial charge in [-0.3, -0.25) is 0 Å². The Kier molecular flexibility index (Phi) is 7.58.